The number of guanidine groups is 1. The average Bonchev–Trinajstić information content (AvgIpc) is 2.54. The fourth-order valence-corrected chi connectivity index (χ4v) is 1.98. The van der Waals surface area contributed by atoms with Crippen molar-refractivity contribution in [1.29, 1.82) is 0 Å². The van der Waals surface area contributed by atoms with Crippen molar-refractivity contribution in [3.63, 3.8) is 0 Å². The van der Waals surface area contributed by atoms with Crippen LogP contribution in [0, 0.1) is 10.1 Å². The largest absolute Gasteiger partial charge is 0.493 e. The number of nitro benzene ring substituents is 1. The summed E-state index contributed by atoms with van der Waals surface area (Å²) in [5.74, 6) is 0.156. The van der Waals surface area contributed by atoms with Gasteiger partial charge in [0.05, 0.1) is 24.9 Å². The van der Waals surface area contributed by atoms with Crippen LogP contribution in [0.25, 0.3) is 0 Å². The second-order valence-electron chi connectivity index (χ2n) is 5.01. The molecule has 0 aliphatic carbocycles. The fraction of sp³-hybridized carbons (Fsp3) is 0.467. The molecular formula is C15H23N5O4. The van der Waals surface area contributed by atoms with E-state index in [-0.39, 0.29) is 23.1 Å². The summed E-state index contributed by atoms with van der Waals surface area (Å²) in [5.41, 5.74) is 10.6. The van der Waals surface area contributed by atoms with Gasteiger partial charge in [-0.1, -0.05) is 26.2 Å². The van der Waals surface area contributed by atoms with Gasteiger partial charge in [-0.05, 0) is 12.5 Å². The normalized spacial score (nSPS) is 10.6. The second kappa shape index (κ2) is 10.0. The van der Waals surface area contributed by atoms with Crippen molar-refractivity contribution in [1.82, 2.24) is 0 Å². The van der Waals surface area contributed by atoms with Crippen LogP contribution in [0.5, 0.6) is 11.5 Å². The summed E-state index contributed by atoms with van der Waals surface area (Å²) < 4.78 is 10.8. The molecule has 0 spiro atoms. The molecule has 0 aromatic heterocycles. The number of nitrogens with zero attached hydrogens (tertiary/aromatic N) is 3. The maximum absolute atomic E-state index is 11.3. The highest BCUT2D eigenvalue weighted by Crippen LogP contribution is 2.38. The number of rotatable bonds is 10. The number of nitro groups is 1. The zero-order chi connectivity index (χ0) is 17.9. The van der Waals surface area contributed by atoms with E-state index >= 15 is 0 Å². The summed E-state index contributed by atoms with van der Waals surface area (Å²) in [6.45, 7) is 2.50. The molecular weight excluding hydrogens is 314 g/mol. The Morgan fingerprint density at radius 1 is 1.33 bits per heavy atom. The first kappa shape index (κ1) is 19.2. The average molecular weight is 337 g/mol. The van der Waals surface area contributed by atoms with Crippen LogP contribution >= 0.6 is 0 Å². The number of ether oxygens (including phenoxy) is 2. The molecule has 1 aromatic rings. The first-order valence-corrected chi connectivity index (χ1v) is 7.60. The molecule has 0 fully saturated rings. The van der Waals surface area contributed by atoms with E-state index in [4.69, 9.17) is 20.9 Å². The Morgan fingerprint density at radius 3 is 2.67 bits per heavy atom. The molecule has 0 atom stereocenters. The van der Waals surface area contributed by atoms with E-state index in [0.717, 1.165) is 25.7 Å². The minimum Gasteiger partial charge on any atom is -0.493 e. The molecule has 0 amide bonds. The number of hydrogen-bond donors (Lipinski definition) is 2. The van der Waals surface area contributed by atoms with Gasteiger partial charge in [-0.25, -0.2) is 0 Å². The quantitative estimate of drug-likeness (QED) is 0.220. The van der Waals surface area contributed by atoms with Gasteiger partial charge < -0.3 is 20.9 Å². The van der Waals surface area contributed by atoms with Gasteiger partial charge >= 0.3 is 5.69 Å². The molecule has 0 unspecified atom stereocenters. The van der Waals surface area contributed by atoms with Crippen LogP contribution in [0.15, 0.2) is 22.3 Å². The summed E-state index contributed by atoms with van der Waals surface area (Å²) in [4.78, 5) is 10.8. The minimum atomic E-state index is -0.526. The monoisotopic (exact) mass is 337 g/mol. The highest BCUT2D eigenvalue weighted by atomic mass is 16.6. The predicted molar refractivity (Wildman–Crippen MR) is 92.7 cm³/mol. The van der Waals surface area contributed by atoms with Crippen molar-refractivity contribution >= 4 is 17.9 Å². The second-order valence-corrected chi connectivity index (χ2v) is 5.01. The van der Waals surface area contributed by atoms with E-state index in [1.54, 1.807) is 6.07 Å². The van der Waals surface area contributed by atoms with E-state index in [0.29, 0.717) is 12.2 Å². The van der Waals surface area contributed by atoms with Crippen LogP contribution in [-0.2, 0) is 0 Å². The van der Waals surface area contributed by atoms with Crippen molar-refractivity contribution < 1.29 is 14.4 Å². The smallest absolute Gasteiger partial charge is 0.315 e. The van der Waals surface area contributed by atoms with Gasteiger partial charge in [0.15, 0.2) is 5.75 Å². The maximum Gasteiger partial charge on any atom is 0.315 e. The summed E-state index contributed by atoms with van der Waals surface area (Å²) in [6, 6.07) is 2.90. The lowest BCUT2D eigenvalue weighted by molar-refractivity contribution is -0.386. The zero-order valence-electron chi connectivity index (χ0n) is 13.9. The maximum atomic E-state index is 11.3. The highest BCUT2D eigenvalue weighted by Gasteiger charge is 2.22. The number of nitrogens with two attached hydrogens (primary N) is 2. The van der Waals surface area contributed by atoms with Crippen LogP contribution in [0.2, 0.25) is 0 Å². The fourth-order valence-electron chi connectivity index (χ4n) is 1.98. The summed E-state index contributed by atoms with van der Waals surface area (Å²) in [7, 11) is 1.42. The molecule has 1 aromatic carbocycles. The third-order valence-electron chi connectivity index (χ3n) is 3.10. The topological polar surface area (TPSA) is 138 Å². The Hall–Kier alpha value is -2.84. The molecule has 24 heavy (non-hydrogen) atoms. The standard InChI is InChI=1S/C15H23N5O4/c1-3-4-5-6-7-24-14-12(20(21)22)8-11(9-13(14)23-2)10-18-19-15(16)17/h8-10H,3-7H2,1-2H3,(H4,16,17,19)/b18-10-. The van der Waals surface area contributed by atoms with E-state index in [9.17, 15) is 10.1 Å². The predicted octanol–water partition coefficient (Wildman–Crippen LogP) is 2.17. The van der Waals surface area contributed by atoms with Crippen molar-refractivity contribution in [2.24, 2.45) is 21.7 Å². The SMILES string of the molecule is CCCCCCOc1c(OC)cc(/C=N\N=C(N)N)cc1[N+](=O)[O-]. The van der Waals surface area contributed by atoms with Gasteiger partial charge in [0.2, 0.25) is 11.7 Å². The molecule has 0 aliphatic heterocycles. The number of hydrogen-bond acceptors (Lipinski definition) is 6. The number of methoxy groups -OCH3 is 1. The molecule has 0 saturated heterocycles. The molecule has 0 saturated carbocycles. The van der Waals surface area contributed by atoms with Crippen molar-refractivity contribution in [3.8, 4) is 11.5 Å². The molecule has 0 bridgehead atoms. The first-order chi connectivity index (χ1) is 11.5. The van der Waals surface area contributed by atoms with Gasteiger partial charge in [-0.15, -0.1) is 5.10 Å². The zero-order valence-corrected chi connectivity index (χ0v) is 13.9. The van der Waals surface area contributed by atoms with Gasteiger partial charge in [0, 0.05) is 11.6 Å². The lowest BCUT2D eigenvalue weighted by Gasteiger charge is -2.11. The molecule has 0 aliphatic rings. The summed E-state index contributed by atoms with van der Waals surface area (Å²) in [5, 5.41) is 18.4. The van der Waals surface area contributed by atoms with Crippen LogP contribution in [0.4, 0.5) is 5.69 Å². The number of benzene rings is 1. The van der Waals surface area contributed by atoms with Gasteiger partial charge in [0.1, 0.15) is 0 Å². The van der Waals surface area contributed by atoms with Gasteiger partial charge in [0.25, 0.3) is 0 Å². The van der Waals surface area contributed by atoms with Crippen LogP contribution in [0.1, 0.15) is 38.2 Å². The van der Waals surface area contributed by atoms with Gasteiger partial charge in [-0.3, -0.25) is 10.1 Å². The number of unbranched alkanes of at least 4 members (excludes halogenated alkanes) is 3. The third kappa shape index (κ3) is 6.11. The van der Waals surface area contributed by atoms with E-state index in [2.05, 4.69) is 17.1 Å². The van der Waals surface area contributed by atoms with Crippen LogP contribution < -0.4 is 20.9 Å². The Balaban J connectivity index is 3.02. The first-order valence-electron chi connectivity index (χ1n) is 7.60. The molecule has 9 nitrogen and oxygen atoms in total. The van der Waals surface area contributed by atoms with Gasteiger partial charge in [-0.2, -0.15) is 5.10 Å². The van der Waals surface area contributed by atoms with E-state index in [1.165, 1.54) is 19.4 Å². The lowest BCUT2D eigenvalue weighted by Crippen LogP contribution is -2.21. The van der Waals surface area contributed by atoms with Crippen molar-refractivity contribution in [2.75, 3.05) is 13.7 Å². The van der Waals surface area contributed by atoms with E-state index < -0.39 is 4.92 Å². The Kier molecular flexibility index (Phi) is 8.03. The van der Waals surface area contributed by atoms with Crippen LogP contribution in [0.3, 0.4) is 0 Å². The highest BCUT2D eigenvalue weighted by molar-refractivity contribution is 5.84. The van der Waals surface area contributed by atoms with Crippen molar-refractivity contribution in [3.05, 3.63) is 27.8 Å². The molecule has 132 valence electrons. The molecule has 4 N–H and O–H groups in total. The summed E-state index contributed by atoms with van der Waals surface area (Å²) in [6.07, 6.45) is 5.33. The third-order valence-corrected chi connectivity index (χ3v) is 3.10. The van der Waals surface area contributed by atoms with E-state index in [1.807, 2.05) is 0 Å². The Labute approximate surface area is 140 Å². The molecule has 9 heteroatoms. The lowest BCUT2D eigenvalue weighted by atomic mass is 10.1. The Morgan fingerprint density at radius 2 is 2.08 bits per heavy atom. The van der Waals surface area contributed by atoms with Crippen molar-refractivity contribution in [2.45, 2.75) is 32.6 Å². The summed E-state index contributed by atoms with van der Waals surface area (Å²) >= 11 is 0. The molecule has 1 rings (SSSR count). The molecule has 0 heterocycles. The Bertz CT molecular complexity index is 612. The minimum absolute atomic E-state index is 0.109. The molecule has 0 radical (unpaired) electrons. The van der Waals surface area contributed by atoms with Crippen LogP contribution in [-0.4, -0.2) is 30.8 Å².